The van der Waals surface area contributed by atoms with Gasteiger partial charge in [0.1, 0.15) is 4.70 Å². The fourth-order valence-electron chi connectivity index (χ4n) is 1.52. The average Bonchev–Trinajstić information content (AvgIpc) is 2.61. The van der Waals surface area contributed by atoms with Crippen molar-refractivity contribution in [3.8, 4) is 0 Å². The third-order valence-corrected chi connectivity index (χ3v) is 3.99. The molecule has 0 bridgehead atoms. The van der Waals surface area contributed by atoms with E-state index < -0.39 is 24.2 Å². The summed E-state index contributed by atoms with van der Waals surface area (Å²) < 4.78 is 12.0. The van der Waals surface area contributed by atoms with Gasteiger partial charge in [-0.3, -0.25) is 23.7 Å². The Balaban J connectivity index is 0. The Morgan fingerprint density at radius 2 is 1.87 bits per heavy atom. The van der Waals surface area contributed by atoms with Crippen LogP contribution in [0.4, 0.5) is 5.95 Å². The number of aromatic amines is 1. The molecule has 2 aromatic rings. The Morgan fingerprint density at radius 3 is 2.43 bits per heavy atom. The molecule has 0 aliphatic carbocycles. The molecule has 0 saturated heterocycles. The van der Waals surface area contributed by atoms with E-state index in [1.165, 1.54) is 16.7 Å². The molecule has 2 rings (SSSR count). The van der Waals surface area contributed by atoms with Gasteiger partial charge in [-0.1, -0.05) is 23.5 Å². The van der Waals surface area contributed by atoms with E-state index in [2.05, 4.69) is 9.97 Å². The van der Waals surface area contributed by atoms with Gasteiger partial charge in [-0.25, -0.2) is 0 Å². The van der Waals surface area contributed by atoms with E-state index in [0.29, 0.717) is 0 Å². The molecule has 14 heteroatoms. The van der Waals surface area contributed by atoms with E-state index in [1.807, 2.05) is 0 Å². The number of aromatic nitrogens is 3. The number of nitrogen functional groups attached to an aromatic ring is 1. The first-order valence-corrected chi connectivity index (χ1v) is 7.98. The Bertz CT molecular complexity index is 842. The van der Waals surface area contributed by atoms with Crippen LogP contribution in [0.15, 0.2) is 21.7 Å². The van der Waals surface area contributed by atoms with Gasteiger partial charge in [-0.15, -0.1) is 0 Å². The smallest absolute Gasteiger partial charge is 0.329 e. The third-order valence-electron chi connectivity index (χ3n) is 2.34. The van der Waals surface area contributed by atoms with Gasteiger partial charge in [-0.2, -0.15) is 4.98 Å². The monoisotopic (exact) mass is 387 g/mol. The van der Waals surface area contributed by atoms with Gasteiger partial charge in [0.05, 0.1) is 6.16 Å². The summed E-state index contributed by atoms with van der Waals surface area (Å²) in [5.41, 5.74) is 5.08. The number of H-pyrrole nitrogens is 1. The Hall–Kier alpha value is 1.26. The molecule has 111 valence electrons. The summed E-state index contributed by atoms with van der Waals surface area (Å²) in [6.45, 7) is 0.0503. The molecule has 2 heterocycles. The van der Waals surface area contributed by atoms with E-state index >= 15 is 0 Å². The van der Waals surface area contributed by atoms with Crippen molar-refractivity contribution in [2.24, 2.45) is 0 Å². The van der Waals surface area contributed by atoms with Crippen LogP contribution in [-0.4, -0.2) is 119 Å². The zero-order valence-electron chi connectivity index (χ0n) is 13.0. The number of thiazole rings is 1. The second-order valence-corrected chi connectivity index (χ2v) is 6.56. The molecule has 23 heavy (non-hydrogen) atoms. The normalized spacial score (nSPS) is 10.9. The van der Waals surface area contributed by atoms with Crippen molar-refractivity contribution in [1.29, 1.82) is 0 Å². The van der Waals surface area contributed by atoms with Crippen molar-refractivity contribution >= 4 is 124 Å². The van der Waals surface area contributed by atoms with Gasteiger partial charge < -0.3 is 15.5 Å². The first kappa shape index (κ1) is 26.5. The van der Waals surface area contributed by atoms with Crippen molar-refractivity contribution in [2.45, 2.75) is 6.54 Å². The van der Waals surface area contributed by atoms with Gasteiger partial charge in [0, 0.05) is 95.2 Å². The van der Waals surface area contributed by atoms with Gasteiger partial charge >= 0.3 is 12.5 Å². The molecular formula is C9H11N4Na3O5PS. The van der Waals surface area contributed by atoms with Gasteiger partial charge in [0.2, 0.25) is 5.95 Å². The van der Waals surface area contributed by atoms with E-state index in [0.717, 1.165) is 11.3 Å². The van der Waals surface area contributed by atoms with Crippen LogP contribution in [-0.2, 0) is 11.1 Å². The second-order valence-electron chi connectivity index (χ2n) is 3.90. The Morgan fingerprint density at radius 1 is 1.26 bits per heavy atom. The number of fused-ring (bicyclic) bond motifs is 1. The summed E-state index contributed by atoms with van der Waals surface area (Å²) in [6, 6.07) is 0. The van der Waals surface area contributed by atoms with Crippen LogP contribution in [0, 0.1) is 0 Å². The predicted molar refractivity (Wildman–Crippen MR) is 92.2 cm³/mol. The minimum absolute atomic E-state index is 0. The topological polar surface area (TPSA) is 151 Å². The van der Waals surface area contributed by atoms with Crippen LogP contribution in [0.2, 0.25) is 0 Å². The van der Waals surface area contributed by atoms with Crippen molar-refractivity contribution in [1.82, 2.24) is 14.5 Å². The molecule has 0 fully saturated rings. The van der Waals surface area contributed by atoms with Gasteiger partial charge in [0.25, 0.3) is 5.56 Å². The largest absolute Gasteiger partial charge is 0.369 e. The SMILES string of the molecule is Nc1nc2c(sc(=O)n2CC=CCP(=O)(O)O)c(=O)[nH]1.[Na].[Na].[Na]. The second kappa shape index (κ2) is 11.1. The van der Waals surface area contributed by atoms with Crippen LogP contribution in [0.3, 0.4) is 0 Å². The molecule has 0 saturated carbocycles. The number of hydrogen-bond donors (Lipinski definition) is 4. The maximum absolute atomic E-state index is 11.8. The molecular weight excluding hydrogens is 376 g/mol. The van der Waals surface area contributed by atoms with Crippen molar-refractivity contribution in [2.75, 3.05) is 11.9 Å². The van der Waals surface area contributed by atoms with E-state index in [9.17, 15) is 14.2 Å². The fraction of sp³-hybridized carbons (Fsp3) is 0.222. The predicted octanol–water partition coefficient (Wildman–Crippen LogP) is -1.68. The van der Waals surface area contributed by atoms with Crippen LogP contribution in [0.25, 0.3) is 10.3 Å². The average molecular weight is 387 g/mol. The number of allylic oxidation sites excluding steroid dienone is 2. The summed E-state index contributed by atoms with van der Waals surface area (Å²) in [6.07, 6.45) is 2.28. The summed E-state index contributed by atoms with van der Waals surface area (Å²) in [5.74, 6) is -0.103. The number of nitrogens with two attached hydrogens (primary N) is 1. The minimum atomic E-state index is -4.11. The molecule has 0 atom stereocenters. The minimum Gasteiger partial charge on any atom is -0.369 e. The number of nitrogens with one attached hydrogen (secondary N) is 1. The molecule has 0 spiro atoms. The van der Waals surface area contributed by atoms with Crippen molar-refractivity contribution < 1.29 is 14.4 Å². The number of anilines is 1. The van der Waals surface area contributed by atoms with Gasteiger partial charge in [-0.05, 0) is 0 Å². The molecule has 5 N–H and O–H groups in total. The third kappa shape index (κ3) is 7.57. The Labute approximate surface area is 200 Å². The maximum atomic E-state index is 11.8. The number of rotatable bonds is 4. The maximum Gasteiger partial charge on any atom is 0.329 e. The molecule has 0 unspecified atom stereocenters. The fourth-order valence-corrected chi connectivity index (χ4v) is 2.78. The summed E-state index contributed by atoms with van der Waals surface area (Å²) in [7, 11) is -4.11. The van der Waals surface area contributed by atoms with Crippen LogP contribution in [0.5, 0.6) is 0 Å². The summed E-state index contributed by atoms with van der Waals surface area (Å²) in [5, 5.41) is 0. The van der Waals surface area contributed by atoms with E-state index in [4.69, 9.17) is 15.5 Å². The first-order valence-electron chi connectivity index (χ1n) is 5.36. The molecule has 2 aromatic heterocycles. The van der Waals surface area contributed by atoms with Gasteiger partial charge in [0.15, 0.2) is 5.65 Å². The molecule has 0 aromatic carbocycles. The van der Waals surface area contributed by atoms with Crippen molar-refractivity contribution in [3.05, 3.63) is 32.2 Å². The Kier molecular flexibility index (Phi) is 12.8. The molecule has 0 aliphatic heterocycles. The van der Waals surface area contributed by atoms with Crippen LogP contribution >= 0.6 is 18.9 Å². The van der Waals surface area contributed by atoms with E-state index in [-0.39, 0.29) is 112 Å². The summed E-state index contributed by atoms with van der Waals surface area (Å²) in [4.78, 5) is 46.5. The molecule has 0 aliphatic rings. The van der Waals surface area contributed by atoms with Crippen LogP contribution in [0.1, 0.15) is 0 Å². The first-order chi connectivity index (χ1) is 9.28. The zero-order chi connectivity index (χ0) is 14.9. The zero-order valence-corrected chi connectivity index (χ0v) is 20.7. The number of hydrogen-bond acceptors (Lipinski definition) is 6. The van der Waals surface area contributed by atoms with Crippen LogP contribution < -0.4 is 16.2 Å². The number of nitrogens with zero attached hydrogens (tertiary/aromatic N) is 2. The summed E-state index contributed by atoms with van der Waals surface area (Å²) >= 11 is 0.736. The van der Waals surface area contributed by atoms with E-state index in [1.54, 1.807) is 0 Å². The quantitative estimate of drug-likeness (QED) is 0.278. The molecule has 3 radical (unpaired) electrons. The standard InChI is InChI=1S/C9H11N4O5PS.3Na/c10-8-11-6-5(7(14)12-8)20-9(15)13(6)3-1-2-4-19(16,17)18;;;/h1-2H,3-4H2,(H2,16,17,18)(H3,10,11,12,14);;;. The molecule has 0 amide bonds. The van der Waals surface area contributed by atoms with Crippen molar-refractivity contribution in [3.63, 3.8) is 0 Å². The molecule has 9 nitrogen and oxygen atoms in total.